The third kappa shape index (κ3) is 5.19. The molecule has 1 unspecified atom stereocenters. The van der Waals surface area contributed by atoms with E-state index in [0.29, 0.717) is 5.56 Å². The molecule has 1 N–H and O–H groups in total. The maximum Gasteiger partial charge on any atom is 0.391 e. The van der Waals surface area contributed by atoms with Gasteiger partial charge in [-0.25, -0.2) is 0 Å². The van der Waals surface area contributed by atoms with Crippen LogP contribution in [0, 0.1) is 6.92 Å². The first-order chi connectivity index (χ1) is 7.90. The van der Waals surface area contributed by atoms with Crippen molar-refractivity contribution in [1.29, 1.82) is 0 Å². The summed E-state index contributed by atoms with van der Waals surface area (Å²) < 4.78 is 40.3. The normalized spacial score (nSPS) is 13.7. The van der Waals surface area contributed by atoms with Crippen LogP contribution in [0.2, 0.25) is 0 Å². The van der Waals surface area contributed by atoms with Crippen molar-refractivity contribution in [3.05, 3.63) is 35.4 Å². The molecule has 0 aromatic heterocycles. The summed E-state index contributed by atoms with van der Waals surface area (Å²) in [6, 6.07) is 7.15. The Morgan fingerprint density at radius 3 is 2.53 bits per heavy atom. The molecule has 96 valence electrons. The molecule has 0 saturated carbocycles. The van der Waals surface area contributed by atoms with E-state index in [1.165, 1.54) is 0 Å². The minimum Gasteiger partial charge on any atom is -0.386 e. The number of aliphatic hydroxyl groups is 1. The van der Waals surface area contributed by atoms with Gasteiger partial charge < -0.3 is 9.84 Å². The lowest BCUT2D eigenvalue weighted by atomic mass is 10.0. The van der Waals surface area contributed by atoms with E-state index in [0.717, 1.165) is 5.56 Å². The van der Waals surface area contributed by atoms with Crippen LogP contribution >= 0.6 is 0 Å². The summed E-state index contributed by atoms with van der Waals surface area (Å²) in [5.74, 6) is 0. The smallest absolute Gasteiger partial charge is 0.386 e. The maximum atomic E-state index is 11.8. The average molecular weight is 248 g/mol. The van der Waals surface area contributed by atoms with Gasteiger partial charge in [0.25, 0.3) is 0 Å². The Morgan fingerprint density at radius 1 is 1.29 bits per heavy atom. The highest BCUT2D eigenvalue weighted by Gasteiger charge is 2.26. The lowest BCUT2D eigenvalue weighted by Crippen LogP contribution is -2.14. The number of alkyl halides is 3. The zero-order valence-electron chi connectivity index (χ0n) is 9.50. The van der Waals surface area contributed by atoms with Gasteiger partial charge in [-0.05, 0) is 18.1 Å². The molecule has 5 heteroatoms. The molecular weight excluding hydrogens is 233 g/mol. The second kappa shape index (κ2) is 6.02. The third-order valence-electron chi connectivity index (χ3n) is 2.35. The number of ether oxygens (including phenoxy) is 1. The van der Waals surface area contributed by atoms with Gasteiger partial charge in [-0.3, -0.25) is 0 Å². The molecule has 0 aliphatic rings. The predicted octanol–water partition coefficient (Wildman–Crippen LogP) is 3.00. The molecule has 1 aromatic rings. The number of benzene rings is 1. The molecule has 0 aliphatic carbocycles. The first-order valence-electron chi connectivity index (χ1n) is 5.28. The number of rotatable bonds is 5. The van der Waals surface area contributed by atoms with E-state index in [4.69, 9.17) is 4.74 Å². The summed E-state index contributed by atoms with van der Waals surface area (Å²) >= 11 is 0. The summed E-state index contributed by atoms with van der Waals surface area (Å²) in [4.78, 5) is 0. The number of hydrogen-bond acceptors (Lipinski definition) is 2. The van der Waals surface area contributed by atoms with E-state index in [-0.39, 0.29) is 6.61 Å². The molecule has 0 radical (unpaired) electrons. The van der Waals surface area contributed by atoms with Crippen molar-refractivity contribution in [2.24, 2.45) is 0 Å². The molecular formula is C12H15F3O2. The molecule has 1 aromatic carbocycles. The van der Waals surface area contributed by atoms with Crippen LogP contribution < -0.4 is 0 Å². The van der Waals surface area contributed by atoms with Crippen molar-refractivity contribution in [2.75, 3.05) is 13.2 Å². The predicted molar refractivity (Wildman–Crippen MR) is 57.6 cm³/mol. The first kappa shape index (κ1) is 14.0. The fourth-order valence-corrected chi connectivity index (χ4v) is 1.43. The lowest BCUT2D eigenvalue weighted by Gasteiger charge is -2.14. The fourth-order valence-electron chi connectivity index (χ4n) is 1.43. The van der Waals surface area contributed by atoms with Gasteiger partial charge in [-0.15, -0.1) is 0 Å². The standard InChI is InChI=1S/C12H15F3O2/c1-9-4-2-3-5-10(9)11(16)8-17-7-6-12(13,14)15/h2-5,11,16H,6-8H2,1H3. The third-order valence-corrected chi connectivity index (χ3v) is 2.35. The molecule has 0 amide bonds. The van der Waals surface area contributed by atoms with E-state index in [1.807, 2.05) is 19.1 Å². The number of aryl methyl sites for hydroxylation is 1. The van der Waals surface area contributed by atoms with Crippen molar-refractivity contribution in [3.63, 3.8) is 0 Å². The zero-order valence-corrected chi connectivity index (χ0v) is 9.50. The Morgan fingerprint density at radius 2 is 1.94 bits per heavy atom. The van der Waals surface area contributed by atoms with E-state index in [1.54, 1.807) is 12.1 Å². The Bertz CT molecular complexity index is 350. The van der Waals surface area contributed by atoms with Crippen LogP contribution in [0.4, 0.5) is 13.2 Å². The molecule has 0 aliphatic heterocycles. The highest BCUT2D eigenvalue weighted by molar-refractivity contribution is 5.27. The SMILES string of the molecule is Cc1ccccc1C(O)COCCC(F)(F)F. The summed E-state index contributed by atoms with van der Waals surface area (Å²) in [5, 5.41) is 9.72. The molecule has 0 spiro atoms. The van der Waals surface area contributed by atoms with Crippen LogP contribution in [-0.4, -0.2) is 24.5 Å². The summed E-state index contributed by atoms with van der Waals surface area (Å²) in [6.07, 6.45) is -6.09. The van der Waals surface area contributed by atoms with Crippen molar-refractivity contribution in [1.82, 2.24) is 0 Å². The van der Waals surface area contributed by atoms with Gasteiger partial charge in [0.1, 0.15) is 6.10 Å². The second-order valence-corrected chi connectivity index (χ2v) is 3.81. The summed E-state index contributed by atoms with van der Waals surface area (Å²) in [6.45, 7) is 1.28. The Kier molecular flexibility index (Phi) is 4.96. The van der Waals surface area contributed by atoms with Crippen LogP contribution in [0.5, 0.6) is 0 Å². The molecule has 0 fully saturated rings. The van der Waals surface area contributed by atoms with Crippen LogP contribution in [-0.2, 0) is 4.74 Å². The highest BCUT2D eigenvalue weighted by atomic mass is 19.4. The molecule has 17 heavy (non-hydrogen) atoms. The lowest BCUT2D eigenvalue weighted by molar-refractivity contribution is -0.147. The van der Waals surface area contributed by atoms with Gasteiger partial charge in [0.2, 0.25) is 0 Å². The number of aliphatic hydroxyl groups excluding tert-OH is 1. The van der Waals surface area contributed by atoms with Gasteiger partial charge in [0.15, 0.2) is 0 Å². The van der Waals surface area contributed by atoms with E-state index in [9.17, 15) is 18.3 Å². The van der Waals surface area contributed by atoms with Gasteiger partial charge in [0, 0.05) is 0 Å². The van der Waals surface area contributed by atoms with Crippen LogP contribution in [0.3, 0.4) is 0 Å². The minimum atomic E-state index is -4.21. The van der Waals surface area contributed by atoms with E-state index in [2.05, 4.69) is 0 Å². The topological polar surface area (TPSA) is 29.5 Å². The number of halogens is 3. The van der Waals surface area contributed by atoms with Crippen molar-refractivity contribution < 1.29 is 23.0 Å². The molecule has 0 saturated heterocycles. The Hall–Kier alpha value is -1.07. The number of hydrogen-bond donors (Lipinski definition) is 1. The minimum absolute atomic E-state index is 0.124. The van der Waals surface area contributed by atoms with E-state index >= 15 is 0 Å². The Labute approximate surface area is 98.0 Å². The van der Waals surface area contributed by atoms with Crippen LogP contribution in [0.15, 0.2) is 24.3 Å². The van der Waals surface area contributed by atoms with Gasteiger partial charge in [-0.1, -0.05) is 24.3 Å². The molecule has 0 bridgehead atoms. The molecule has 0 heterocycles. The van der Waals surface area contributed by atoms with Crippen molar-refractivity contribution in [2.45, 2.75) is 25.6 Å². The van der Waals surface area contributed by atoms with Crippen molar-refractivity contribution in [3.8, 4) is 0 Å². The largest absolute Gasteiger partial charge is 0.391 e. The van der Waals surface area contributed by atoms with Gasteiger partial charge in [-0.2, -0.15) is 13.2 Å². The quantitative estimate of drug-likeness (QED) is 0.812. The molecule has 2 nitrogen and oxygen atoms in total. The molecule has 1 rings (SSSR count). The van der Waals surface area contributed by atoms with Crippen molar-refractivity contribution >= 4 is 0 Å². The molecule has 1 atom stereocenters. The maximum absolute atomic E-state index is 11.8. The van der Waals surface area contributed by atoms with E-state index < -0.39 is 25.3 Å². The first-order valence-corrected chi connectivity index (χ1v) is 5.28. The van der Waals surface area contributed by atoms with Crippen LogP contribution in [0.25, 0.3) is 0 Å². The second-order valence-electron chi connectivity index (χ2n) is 3.81. The summed E-state index contributed by atoms with van der Waals surface area (Å²) in [7, 11) is 0. The summed E-state index contributed by atoms with van der Waals surface area (Å²) in [5.41, 5.74) is 1.57. The average Bonchev–Trinajstić information content (AvgIpc) is 2.23. The Balaban J connectivity index is 2.36. The zero-order chi connectivity index (χ0) is 12.9. The monoisotopic (exact) mass is 248 g/mol. The van der Waals surface area contributed by atoms with Gasteiger partial charge >= 0.3 is 6.18 Å². The van der Waals surface area contributed by atoms with Gasteiger partial charge in [0.05, 0.1) is 19.6 Å². The highest BCUT2D eigenvalue weighted by Crippen LogP contribution is 2.20. The fraction of sp³-hybridized carbons (Fsp3) is 0.500. The van der Waals surface area contributed by atoms with Crippen LogP contribution in [0.1, 0.15) is 23.7 Å².